The molecule has 5 rings (SSSR count). The van der Waals surface area contributed by atoms with Crippen LogP contribution in [-0.2, 0) is 9.59 Å². The second kappa shape index (κ2) is 11.9. The number of ketones is 1. The fraction of sp³-hybridized carbons (Fsp3) is 0.323. The molecule has 0 radical (unpaired) electrons. The van der Waals surface area contributed by atoms with Crippen molar-refractivity contribution in [3.63, 3.8) is 0 Å². The van der Waals surface area contributed by atoms with Crippen molar-refractivity contribution in [3.8, 4) is 5.75 Å². The third-order valence-corrected chi connectivity index (χ3v) is 7.18. The van der Waals surface area contributed by atoms with Crippen molar-refractivity contribution in [2.24, 2.45) is 10.7 Å². The fourth-order valence-electron chi connectivity index (χ4n) is 5.11. The third-order valence-electron chi connectivity index (χ3n) is 6.92. The number of nitrogens with two attached hydrogens (primary N) is 1. The van der Waals surface area contributed by atoms with Crippen LogP contribution in [0.5, 0.6) is 5.75 Å². The maximum atomic E-state index is 14.3. The minimum Gasteiger partial charge on any atom is -0.487 e. The van der Waals surface area contributed by atoms with E-state index in [2.05, 4.69) is 5.32 Å². The Bertz CT molecular complexity index is 1580. The fourth-order valence-corrected chi connectivity index (χ4v) is 5.24. The van der Waals surface area contributed by atoms with Gasteiger partial charge in [-0.05, 0) is 62.7 Å². The molecule has 224 valence electrons. The van der Waals surface area contributed by atoms with Crippen LogP contribution in [-0.4, -0.2) is 64.5 Å². The number of carbonyl (C=O) groups is 4. The summed E-state index contributed by atoms with van der Waals surface area (Å²) in [5, 5.41) is 3.29. The summed E-state index contributed by atoms with van der Waals surface area (Å²) in [6.45, 7) is 6.04. The number of carbonyl (C=O) groups excluding carboxylic acids is 4. The zero-order chi connectivity index (χ0) is 30.9. The van der Waals surface area contributed by atoms with Crippen LogP contribution in [0.25, 0.3) is 0 Å². The lowest BCUT2D eigenvalue weighted by Gasteiger charge is -2.35. The van der Waals surface area contributed by atoms with E-state index in [-0.39, 0.29) is 29.6 Å². The summed E-state index contributed by atoms with van der Waals surface area (Å²) in [5.41, 5.74) is 6.01. The number of amidine groups is 1. The van der Waals surface area contributed by atoms with E-state index in [0.29, 0.717) is 29.4 Å². The molecule has 2 aromatic carbocycles. The number of hydrogen-bond donors (Lipinski definition) is 2. The van der Waals surface area contributed by atoms with Crippen LogP contribution in [0, 0.1) is 0 Å². The van der Waals surface area contributed by atoms with E-state index in [1.54, 1.807) is 36.4 Å². The van der Waals surface area contributed by atoms with Crippen LogP contribution >= 0.6 is 11.6 Å². The summed E-state index contributed by atoms with van der Waals surface area (Å²) < 4.78 is 12.2. The number of nitrogens with one attached hydrogen (secondary N) is 1. The van der Waals surface area contributed by atoms with Gasteiger partial charge in [0.05, 0.1) is 18.2 Å². The van der Waals surface area contributed by atoms with Crippen molar-refractivity contribution in [1.82, 2.24) is 15.1 Å². The van der Waals surface area contributed by atoms with Gasteiger partial charge in [0.2, 0.25) is 11.8 Å². The molecule has 2 aliphatic heterocycles. The molecule has 1 aromatic heterocycles. The zero-order valence-electron chi connectivity index (χ0n) is 24.0. The second-order valence-corrected chi connectivity index (χ2v) is 11.8. The van der Waals surface area contributed by atoms with E-state index in [4.69, 9.17) is 31.5 Å². The highest BCUT2D eigenvalue weighted by molar-refractivity contribution is 6.30. The monoisotopic (exact) mass is 605 g/mol. The van der Waals surface area contributed by atoms with Crippen LogP contribution in [0.15, 0.2) is 70.3 Å². The Hall–Kier alpha value is -4.64. The van der Waals surface area contributed by atoms with E-state index < -0.39 is 41.8 Å². The normalized spacial score (nSPS) is 18.7. The zero-order valence-corrected chi connectivity index (χ0v) is 24.8. The number of ether oxygens (including phenoxy) is 1. The highest BCUT2D eigenvalue weighted by atomic mass is 35.5. The maximum absolute atomic E-state index is 14.3. The molecule has 3 heterocycles. The van der Waals surface area contributed by atoms with E-state index in [1.807, 2.05) is 32.9 Å². The van der Waals surface area contributed by atoms with Gasteiger partial charge >= 0.3 is 6.03 Å². The molecule has 0 saturated carbocycles. The Balaban J connectivity index is 1.69. The minimum absolute atomic E-state index is 0.120. The minimum atomic E-state index is -0.748. The number of rotatable bonds is 7. The summed E-state index contributed by atoms with van der Waals surface area (Å²) in [6.07, 6.45) is 1.06. The molecule has 12 heteroatoms. The lowest BCUT2D eigenvalue weighted by atomic mass is 9.98. The first-order valence-electron chi connectivity index (χ1n) is 13.8. The molecule has 3 N–H and O–H groups in total. The Morgan fingerprint density at radius 1 is 1.14 bits per heavy atom. The number of primary amides is 1. The number of piperazine rings is 1. The van der Waals surface area contributed by atoms with Crippen molar-refractivity contribution in [1.29, 1.82) is 0 Å². The highest BCUT2D eigenvalue weighted by Gasteiger charge is 2.46. The molecule has 4 amide bonds. The van der Waals surface area contributed by atoms with Crippen molar-refractivity contribution in [2.45, 2.75) is 44.9 Å². The van der Waals surface area contributed by atoms with Gasteiger partial charge in [-0.2, -0.15) is 0 Å². The average molecular weight is 606 g/mol. The van der Waals surface area contributed by atoms with E-state index in [9.17, 15) is 19.2 Å². The van der Waals surface area contributed by atoms with Gasteiger partial charge in [-0.1, -0.05) is 29.8 Å². The second-order valence-electron chi connectivity index (χ2n) is 11.3. The molecule has 43 heavy (non-hydrogen) atoms. The van der Waals surface area contributed by atoms with Crippen molar-refractivity contribution in [2.75, 3.05) is 19.6 Å². The lowest BCUT2D eigenvalue weighted by Crippen LogP contribution is -2.55. The largest absolute Gasteiger partial charge is 0.487 e. The van der Waals surface area contributed by atoms with Gasteiger partial charge in [-0.15, -0.1) is 0 Å². The predicted octanol–water partition coefficient (Wildman–Crippen LogP) is 4.27. The highest BCUT2D eigenvalue weighted by Crippen LogP contribution is 2.45. The van der Waals surface area contributed by atoms with Gasteiger partial charge in [-0.25, -0.2) is 4.79 Å². The summed E-state index contributed by atoms with van der Waals surface area (Å²) in [7, 11) is 0. The summed E-state index contributed by atoms with van der Waals surface area (Å²) >= 11 is 6.19. The molecule has 2 aliphatic rings. The molecular formula is C31H32ClN5O6. The summed E-state index contributed by atoms with van der Waals surface area (Å²) in [4.78, 5) is 58.9. The first-order valence-corrected chi connectivity index (χ1v) is 14.2. The number of aliphatic imine (C=N–C) groups is 1. The summed E-state index contributed by atoms with van der Waals surface area (Å²) in [6, 6.07) is 13.6. The van der Waals surface area contributed by atoms with E-state index in [0.717, 1.165) is 5.56 Å². The van der Waals surface area contributed by atoms with Crippen LogP contribution in [0.2, 0.25) is 5.02 Å². The topological polar surface area (TPSA) is 148 Å². The van der Waals surface area contributed by atoms with Crippen LogP contribution in [0.4, 0.5) is 4.79 Å². The first kappa shape index (κ1) is 29.8. The number of hydrogen-bond acceptors (Lipinski definition) is 7. The van der Waals surface area contributed by atoms with Gasteiger partial charge in [0.15, 0.2) is 5.78 Å². The van der Waals surface area contributed by atoms with Gasteiger partial charge in [0, 0.05) is 23.7 Å². The molecule has 0 spiro atoms. The van der Waals surface area contributed by atoms with Gasteiger partial charge in [0.25, 0.3) is 0 Å². The quantitative estimate of drug-likeness (QED) is 0.304. The number of furan rings is 1. The van der Waals surface area contributed by atoms with E-state index >= 15 is 0 Å². The van der Waals surface area contributed by atoms with Gasteiger partial charge in [-0.3, -0.25) is 24.3 Å². The molecule has 1 fully saturated rings. The molecule has 2 unspecified atom stereocenters. The van der Waals surface area contributed by atoms with Crippen molar-refractivity contribution in [3.05, 3.63) is 88.3 Å². The van der Waals surface area contributed by atoms with E-state index in [1.165, 1.54) is 22.1 Å². The Morgan fingerprint density at radius 3 is 2.51 bits per heavy atom. The Morgan fingerprint density at radius 2 is 1.88 bits per heavy atom. The molecule has 2 atom stereocenters. The van der Waals surface area contributed by atoms with Gasteiger partial charge in [0.1, 0.15) is 41.6 Å². The van der Waals surface area contributed by atoms with Crippen LogP contribution < -0.4 is 15.8 Å². The molecule has 0 aliphatic carbocycles. The molecular weight excluding hydrogens is 574 g/mol. The lowest BCUT2D eigenvalue weighted by molar-refractivity contribution is -0.123. The first-order chi connectivity index (χ1) is 20.4. The molecule has 0 bridgehead atoms. The smallest absolute Gasteiger partial charge is 0.326 e. The van der Waals surface area contributed by atoms with Crippen LogP contribution in [0.1, 0.15) is 66.5 Å². The number of amides is 4. The van der Waals surface area contributed by atoms with Crippen molar-refractivity contribution < 1.29 is 28.3 Å². The predicted molar refractivity (Wildman–Crippen MR) is 159 cm³/mol. The number of urea groups is 1. The summed E-state index contributed by atoms with van der Waals surface area (Å²) in [5.74, 6) is -0.445. The standard InChI is InChI=1S/C31H32ClN5O6/c1-31(2,3)43-24-15-19(22(38)16-25(33)39)8-11-21(24)29-35-27(18-6-9-20(32)10-7-18)28(23-5-4-14-42-23)37(29)30(41)36-13-12-34-26(40)17-36/h4-11,14-15,27-28H,12-13,16-17H2,1-3H3,(H2,33,39)(H,34,40). The number of nitrogens with zero attached hydrogens (tertiary/aromatic N) is 3. The van der Waals surface area contributed by atoms with Gasteiger partial charge < -0.3 is 25.1 Å². The number of benzene rings is 2. The number of halogens is 1. The Labute approximate surface area is 253 Å². The average Bonchev–Trinajstić information content (AvgIpc) is 3.60. The number of Topliss-reactive ketones (excluding diaryl/α,β-unsaturated/α-hetero) is 1. The molecule has 11 nitrogen and oxygen atoms in total. The third kappa shape index (κ3) is 6.56. The Kier molecular flexibility index (Phi) is 8.27. The van der Waals surface area contributed by atoms with Crippen LogP contribution in [0.3, 0.4) is 0 Å². The van der Waals surface area contributed by atoms with Crippen molar-refractivity contribution >= 4 is 41.1 Å². The SMILES string of the molecule is CC(C)(C)Oc1cc(C(=O)CC(N)=O)ccc1C1=NC(c2ccc(Cl)cc2)C(c2ccco2)N1C(=O)N1CCNC(=O)C1. The molecule has 1 saturated heterocycles. The molecule has 3 aromatic rings. The maximum Gasteiger partial charge on any atom is 0.326 e.